The zero-order chi connectivity index (χ0) is 23.1. The summed E-state index contributed by atoms with van der Waals surface area (Å²) >= 11 is 0. The van der Waals surface area contributed by atoms with Crippen molar-refractivity contribution < 1.29 is 0 Å². The molecule has 0 saturated carbocycles. The Morgan fingerprint density at radius 3 is 1.87 bits per heavy atom. The molecule has 0 fully saturated rings. The van der Waals surface area contributed by atoms with Crippen molar-refractivity contribution in [3.8, 4) is 0 Å². The van der Waals surface area contributed by atoms with Crippen molar-refractivity contribution in [3.63, 3.8) is 0 Å². The van der Waals surface area contributed by atoms with Crippen molar-refractivity contribution in [1.29, 1.82) is 0 Å². The molecule has 0 saturated heterocycles. The summed E-state index contributed by atoms with van der Waals surface area (Å²) in [5.74, 6) is 0.525. The molecule has 0 aromatic heterocycles. The van der Waals surface area contributed by atoms with Gasteiger partial charge in [-0.25, -0.2) is 0 Å². The minimum Gasteiger partial charge on any atom is -0.0656 e. The summed E-state index contributed by atoms with van der Waals surface area (Å²) < 4.78 is 0. The first kappa shape index (κ1) is 24.0. The maximum Gasteiger partial charge on any atom is 0.147 e. The maximum absolute atomic E-state index is 2.64. The Morgan fingerprint density at radius 1 is 0.806 bits per heavy atom. The Morgan fingerprint density at radius 2 is 1.39 bits per heavy atom. The Kier molecular flexibility index (Phi) is 6.74. The first-order chi connectivity index (χ1) is 14.5. The van der Waals surface area contributed by atoms with E-state index in [0.29, 0.717) is 11.5 Å². The molecule has 0 heterocycles. The van der Waals surface area contributed by atoms with Crippen LogP contribution in [0.3, 0.4) is 0 Å². The van der Waals surface area contributed by atoms with E-state index >= 15 is 0 Å². The van der Waals surface area contributed by atoms with Crippen molar-refractivity contribution in [3.05, 3.63) is 76.0 Å². The highest BCUT2D eigenvalue weighted by Gasteiger charge is 2.49. The normalized spacial score (nSPS) is 20.3. The van der Waals surface area contributed by atoms with Gasteiger partial charge in [-0.3, -0.25) is 0 Å². The number of aryl methyl sites for hydroxylation is 1. The Bertz CT molecular complexity index is 1020. The summed E-state index contributed by atoms with van der Waals surface area (Å²) in [6, 6.07) is 19.2. The van der Waals surface area contributed by atoms with E-state index in [1.807, 2.05) is 0 Å². The van der Waals surface area contributed by atoms with E-state index in [1.54, 1.807) is 31.9 Å². The zero-order valence-corrected chi connectivity index (χ0v) is 23.5. The number of benzene rings is 2. The van der Waals surface area contributed by atoms with Gasteiger partial charge < -0.3 is 0 Å². The molecule has 1 aliphatic rings. The quantitative estimate of drug-likeness (QED) is 0.431. The van der Waals surface area contributed by atoms with Crippen molar-refractivity contribution in [2.75, 3.05) is 0 Å². The summed E-state index contributed by atoms with van der Waals surface area (Å²) in [5.41, 5.74) is 6.73. The number of hydrogen-bond donors (Lipinski definition) is 0. The van der Waals surface area contributed by atoms with Crippen LogP contribution in [0.5, 0.6) is 0 Å². The molecule has 0 nitrogen and oxygen atoms in total. The van der Waals surface area contributed by atoms with E-state index in [4.69, 9.17) is 0 Å². The second-order valence-corrected chi connectivity index (χ2v) is 20.3. The molecule has 2 heteroatoms. The lowest BCUT2D eigenvalue weighted by Crippen LogP contribution is -2.64. The van der Waals surface area contributed by atoms with Gasteiger partial charge >= 0.3 is 0 Å². The molecule has 31 heavy (non-hydrogen) atoms. The van der Waals surface area contributed by atoms with E-state index in [-0.39, 0.29) is 0 Å². The third-order valence-electron chi connectivity index (χ3n) is 8.04. The molecule has 3 atom stereocenters. The standard InChI is InChI=1S/C29H42Si2/c1-11-21(3)31(26-15-13-12-14-16-26,29-24(6)22(4)23(5)25(29)7)28-18-20(2)17-27(19-28)30(8,9)10/h12-19,21,24H,11H2,1-10H3. The van der Waals surface area contributed by atoms with Crippen molar-refractivity contribution in [1.82, 2.24) is 0 Å². The fourth-order valence-corrected chi connectivity index (χ4v) is 13.6. The highest BCUT2D eigenvalue weighted by molar-refractivity contribution is 7.08. The van der Waals surface area contributed by atoms with Gasteiger partial charge in [0.25, 0.3) is 0 Å². The molecule has 3 unspecified atom stereocenters. The Hall–Kier alpha value is -1.65. The monoisotopic (exact) mass is 446 g/mol. The molecule has 0 spiro atoms. The molecule has 0 bridgehead atoms. The molecule has 2 aromatic rings. The number of allylic oxidation sites excluding steroid dienone is 4. The lowest BCUT2D eigenvalue weighted by molar-refractivity contribution is 0.810. The van der Waals surface area contributed by atoms with Crippen LogP contribution in [0.1, 0.15) is 53.5 Å². The largest absolute Gasteiger partial charge is 0.147 e. The van der Waals surface area contributed by atoms with Crippen LogP contribution in [0.2, 0.25) is 25.2 Å². The van der Waals surface area contributed by atoms with E-state index in [0.717, 1.165) is 0 Å². The molecule has 1 aliphatic carbocycles. The molecular formula is C29H42Si2. The first-order valence-electron chi connectivity index (χ1n) is 12.0. The van der Waals surface area contributed by atoms with Gasteiger partial charge in [-0.05, 0) is 55.1 Å². The average Bonchev–Trinajstić information content (AvgIpc) is 2.92. The highest BCUT2D eigenvalue weighted by atomic mass is 28.3. The molecule has 0 N–H and O–H groups in total. The molecule has 0 aliphatic heterocycles. The van der Waals surface area contributed by atoms with Gasteiger partial charge in [0.05, 0.1) is 8.07 Å². The fraction of sp³-hybridized carbons (Fsp3) is 0.448. The molecule has 166 valence electrons. The van der Waals surface area contributed by atoms with Crippen molar-refractivity contribution in [2.24, 2.45) is 5.92 Å². The van der Waals surface area contributed by atoms with Crippen LogP contribution in [0.4, 0.5) is 0 Å². The van der Waals surface area contributed by atoms with E-state index in [9.17, 15) is 0 Å². The van der Waals surface area contributed by atoms with Crippen molar-refractivity contribution >= 4 is 31.7 Å². The highest BCUT2D eigenvalue weighted by Crippen LogP contribution is 2.45. The SMILES string of the molecule is CCC(C)[Si](C1=C(C)C(C)=C(C)C1C)(c1ccccc1)c1cc(C)cc([Si](C)(C)C)c1. The van der Waals surface area contributed by atoms with E-state index in [2.05, 4.69) is 117 Å². The lowest BCUT2D eigenvalue weighted by Gasteiger charge is -2.43. The second kappa shape index (κ2) is 8.71. The smallest absolute Gasteiger partial charge is 0.0656 e. The summed E-state index contributed by atoms with van der Waals surface area (Å²) in [4.78, 5) is 0. The predicted molar refractivity (Wildman–Crippen MR) is 146 cm³/mol. The molecule has 0 amide bonds. The fourth-order valence-electron chi connectivity index (χ4n) is 5.76. The van der Waals surface area contributed by atoms with Gasteiger partial charge in [-0.15, -0.1) is 0 Å². The Labute approximate surface area is 193 Å². The third kappa shape index (κ3) is 3.98. The van der Waals surface area contributed by atoms with Crippen LogP contribution in [-0.4, -0.2) is 16.1 Å². The minimum absolute atomic E-state index is 0.525. The van der Waals surface area contributed by atoms with Crippen LogP contribution >= 0.6 is 0 Å². The van der Waals surface area contributed by atoms with Gasteiger partial charge in [0.1, 0.15) is 8.07 Å². The second-order valence-electron chi connectivity index (χ2n) is 10.9. The maximum atomic E-state index is 2.64. The summed E-state index contributed by atoms with van der Waals surface area (Å²) in [7, 11) is -3.63. The number of rotatable bonds is 6. The van der Waals surface area contributed by atoms with Gasteiger partial charge in [-0.2, -0.15) is 0 Å². The Balaban J connectivity index is 2.49. The molecule has 2 aromatic carbocycles. The number of hydrogen-bond acceptors (Lipinski definition) is 0. The van der Waals surface area contributed by atoms with Crippen molar-refractivity contribution in [2.45, 2.75) is 80.1 Å². The lowest BCUT2D eigenvalue weighted by atomic mass is 10.1. The van der Waals surface area contributed by atoms with Crippen LogP contribution in [0, 0.1) is 12.8 Å². The third-order valence-corrected chi connectivity index (χ3v) is 16.1. The zero-order valence-electron chi connectivity index (χ0n) is 21.5. The topological polar surface area (TPSA) is 0 Å². The predicted octanol–water partition coefficient (Wildman–Crippen LogP) is 6.75. The first-order valence-corrected chi connectivity index (χ1v) is 17.6. The van der Waals surface area contributed by atoms with Gasteiger partial charge in [0.2, 0.25) is 0 Å². The van der Waals surface area contributed by atoms with Gasteiger partial charge in [0, 0.05) is 0 Å². The molecule has 3 rings (SSSR count). The molecule has 0 radical (unpaired) electrons. The minimum atomic E-state index is -2.21. The van der Waals surface area contributed by atoms with Gasteiger partial charge in [-0.1, -0.05) is 122 Å². The van der Waals surface area contributed by atoms with Crippen LogP contribution in [-0.2, 0) is 0 Å². The average molecular weight is 447 g/mol. The van der Waals surface area contributed by atoms with E-state index < -0.39 is 16.1 Å². The van der Waals surface area contributed by atoms with Crippen LogP contribution < -0.4 is 15.6 Å². The van der Waals surface area contributed by atoms with E-state index in [1.165, 1.54) is 17.6 Å². The summed E-state index contributed by atoms with van der Waals surface area (Å²) in [6.45, 7) is 24.3. The van der Waals surface area contributed by atoms with Crippen LogP contribution in [0.25, 0.3) is 0 Å². The van der Waals surface area contributed by atoms with Gasteiger partial charge in [0.15, 0.2) is 0 Å². The van der Waals surface area contributed by atoms with Crippen LogP contribution in [0.15, 0.2) is 70.4 Å². The summed E-state index contributed by atoms with van der Waals surface area (Å²) in [6.07, 6.45) is 1.21. The summed E-state index contributed by atoms with van der Waals surface area (Å²) in [5, 5.41) is 6.58. The molecular weight excluding hydrogens is 404 g/mol.